The van der Waals surface area contributed by atoms with Gasteiger partial charge in [-0.25, -0.2) is 4.98 Å². The van der Waals surface area contributed by atoms with Crippen molar-refractivity contribution < 1.29 is 4.79 Å². The van der Waals surface area contributed by atoms with Gasteiger partial charge in [-0.2, -0.15) is 4.37 Å². The van der Waals surface area contributed by atoms with Gasteiger partial charge < -0.3 is 0 Å². The van der Waals surface area contributed by atoms with Gasteiger partial charge in [0.2, 0.25) is 0 Å². The van der Waals surface area contributed by atoms with Gasteiger partial charge >= 0.3 is 0 Å². The highest BCUT2D eigenvalue weighted by molar-refractivity contribution is 8.04. The summed E-state index contributed by atoms with van der Waals surface area (Å²) >= 11 is 2.91. The molecule has 5 heteroatoms. The van der Waals surface area contributed by atoms with Crippen LogP contribution in [-0.4, -0.2) is 15.1 Å². The number of hydrogen-bond donors (Lipinski definition) is 0. The molecule has 0 amide bonds. The molecule has 0 atom stereocenters. The van der Waals surface area contributed by atoms with Crippen molar-refractivity contribution in [2.75, 3.05) is 0 Å². The van der Waals surface area contributed by atoms with Crippen molar-refractivity contribution >= 4 is 29.1 Å². The van der Waals surface area contributed by atoms with E-state index in [1.807, 2.05) is 0 Å². The fourth-order valence-electron chi connectivity index (χ4n) is 0.971. The quantitative estimate of drug-likeness (QED) is 0.727. The number of thioether (sulfide) groups is 1. The molecule has 0 N–H and O–H groups in total. The van der Waals surface area contributed by atoms with Crippen LogP contribution in [-0.2, 0) is 4.79 Å². The van der Waals surface area contributed by atoms with Crippen molar-refractivity contribution in [1.82, 2.24) is 9.36 Å². The van der Waals surface area contributed by atoms with Crippen molar-refractivity contribution in [2.45, 2.75) is 17.2 Å². The highest BCUT2D eigenvalue weighted by Crippen LogP contribution is 2.33. The molecule has 1 aliphatic rings. The summed E-state index contributed by atoms with van der Waals surface area (Å²) in [6.45, 7) is 0. The number of hydrogen-bond acceptors (Lipinski definition) is 5. The molecule has 0 unspecified atom stereocenters. The average Bonchev–Trinajstić information content (AvgIpc) is 2.63. The SMILES string of the molecule is O=C1C=C(Sc2ncns2)CC1. The van der Waals surface area contributed by atoms with Crippen LogP contribution < -0.4 is 0 Å². The Hall–Kier alpha value is -0.680. The van der Waals surface area contributed by atoms with Crippen molar-refractivity contribution in [3.63, 3.8) is 0 Å². The van der Waals surface area contributed by atoms with Crippen LogP contribution in [0.1, 0.15) is 12.8 Å². The lowest BCUT2D eigenvalue weighted by atomic mass is 10.3. The number of ketones is 1. The predicted molar refractivity (Wildman–Crippen MR) is 48.1 cm³/mol. The first-order chi connectivity index (χ1) is 5.84. The summed E-state index contributed by atoms with van der Waals surface area (Å²) < 4.78 is 4.79. The van der Waals surface area contributed by atoms with Gasteiger partial charge in [-0.05, 0) is 28.9 Å². The molecule has 3 nitrogen and oxygen atoms in total. The summed E-state index contributed by atoms with van der Waals surface area (Å²) in [4.78, 5) is 16.0. The Labute approximate surface area is 78.1 Å². The summed E-state index contributed by atoms with van der Waals surface area (Å²) in [5.74, 6) is 0.224. The van der Waals surface area contributed by atoms with Crippen molar-refractivity contribution in [1.29, 1.82) is 0 Å². The van der Waals surface area contributed by atoms with Gasteiger partial charge in [0.25, 0.3) is 0 Å². The lowest BCUT2D eigenvalue weighted by Gasteiger charge is -1.92. The normalized spacial score (nSPS) is 16.7. The molecular formula is C7H6N2OS2. The van der Waals surface area contributed by atoms with Gasteiger partial charge in [-0.15, -0.1) is 0 Å². The van der Waals surface area contributed by atoms with Gasteiger partial charge in [-0.3, -0.25) is 4.79 Å². The van der Waals surface area contributed by atoms with Crippen LogP contribution in [0.4, 0.5) is 0 Å². The van der Waals surface area contributed by atoms with Crippen molar-refractivity contribution in [2.24, 2.45) is 0 Å². The second-order valence-corrected chi connectivity index (χ2v) is 4.54. The van der Waals surface area contributed by atoms with E-state index in [1.54, 1.807) is 17.8 Å². The number of carbonyl (C=O) groups is 1. The number of nitrogens with zero attached hydrogens (tertiary/aromatic N) is 2. The zero-order valence-electron chi connectivity index (χ0n) is 6.19. The molecule has 1 aromatic rings. The van der Waals surface area contributed by atoms with Crippen LogP contribution in [0.5, 0.6) is 0 Å². The topological polar surface area (TPSA) is 42.9 Å². The fraction of sp³-hybridized carbons (Fsp3) is 0.286. The van der Waals surface area contributed by atoms with Crippen LogP contribution in [0.3, 0.4) is 0 Å². The Kier molecular flexibility index (Phi) is 2.23. The van der Waals surface area contributed by atoms with E-state index in [0.717, 1.165) is 15.7 Å². The van der Waals surface area contributed by atoms with E-state index in [0.29, 0.717) is 6.42 Å². The molecule has 1 aromatic heterocycles. The van der Waals surface area contributed by atoms with Crippen LogP contribution in [0.15, 0.2) is 21.6 Å². The minimum atomic E-state index is 0.224. The largest absolute Gasteiger partial charge is 0.295 e. The fourth-order valence-corrected chi connectivity index (χ4v) is 2.57. The first-order valence-corrected chi connectivity index (χ1v) is 5.11. The molecule has 0 saturated heterocycles. The zero-order chi connectivity index (χ0) is 8.39. The van der Waals surface area contributed by atoms with E-state index in [2.05, 4.69) is 9.36 Å². The predicted octanol–water partition coefficient (Wildman–Crippen LogP) is 1.88. The molecule has 0 bridgehead atoms. The first-order valence-electron chi connectivity index (χ1n) is 3.52. The third-order valence-corrected chi connectivity index (χ3v) is 3.30. The third kappa shape index (κ3) is 1.73. The van der Waals surface area contributed by atoms with Crippen LogP contribution in [0.25, 0.3) is 0 Å². The number of carbonyl (C=O) groups excluding carboxylic acids is 1. The molecule has 0 spiro atoms. The highest BCUT2D eigenvalue weighted by Gasteiger charge is 2.13. The highest BCUT2D eigenvalue weighted by atomic mass is 32.2. The average molecular weight is 198 g/mol. The van der Waals surface area contributed by atoms with Crippen molar-refractivity contribution in [3.8, 4) is 0 Å². The molecular weight excluding hydrogens is 192 g/mol. The zero-order valence-corrected chi connectivity index (χ0v) is 7.82. The minimum absolute atomic E-state index is 0.224. The van der Waals surface area contributed by atoms with E-state index < -0.39 is 0 Å². The molecule has 0 aliphatic heterocycles. The summed E-state index contributed by atoms with van der Waals surface area (Å²) in [5.41, 5.74) is 0. The van der Waals surface area contributed by atoms with E-state index in [4.69, 9.17) is 0 Å². The van der Waals surface area contributed by atoms with Gasteiger partial charge in [0.05, 0.1) is 0 Å². The first kappa shape index (κ1) is 7.94. The number of aromatic nitrogens is 2. The molecule has 0 aromatic carbocycles. The van der Waals surface area contributed by atoms with Gasteiger partial charge in [0, 0.05) is 6.42 Å². The standard InChI is InChI=1S/C7H6N2OS2/c10-5-1-2-6(3-5)11-7-8-4-9-12-7/h3-4H,1-2H2. The monoisotopic (exact) mass is 198 g/mol. The molecule has 1 heterocycles. The molecule has 0 fully saturated rings. The van der Waals surface area contributed by atoms with Gasteiger partial charge in [0.1, 0.15) is 6.33 Å². The molecule has 62 valence electrons. The second kappa shape index (κ2) is 3.37. The van der Waals surface area contributed by atoms with Crippen molar-refractivity contribution in [3.05, 3.63) is 17.3 Å². The summed E-state index contributed by atoms with van der Waals surface area (Å²) in [6, 6.07) is 0. The molecule has 12 heavy (non-hydrogen) atoms. The minimum Gasteiger partial charge on any atom is -0.295 e. The molecule has 1 aliphatic carbocycles. The Morgan fingerprint density at radius 1 is 1.50 bits per heavy atom. The van der Waals surface area contributed by atoms with Gasteiger partial charge in [-0.1, -0.05) is 11.8 Å². The van der Waals surface area contributed by atoms with Crippen LogP contribution >= 0.6 is 23.3 Å². The van der Waals surface area contributed by atoms with Gasteiger partial charge in [0.15, 0.2) is 10.1 Å². The Morgan fingerprint density at radius 2 is 2.42 bits per heavy atom. The van der Waals surface area contributed by atoms with E-state index in [9.17, 15) is 4.79 Å². The van der Waals surface area contributed by atoms with Crippen LogP contribution in [0, 0.1) is 0 Å². The lowest BCUT2D eigenvalue weighted by Crippen LogP contribution is -1.80. The Morgan fingerprint density at radius 3 is 3.00 bits per heavy atom. The smallest absolute Gasteiger partial charge is 0.174 e. The molecule has 0 radical (unpaired) electrons. The molecule has 0 saturated carbocycles. The lowest BCUT2D eigenvalue weighted by molar-refractivity contribution is -0.114. The van der Waals surface area contributed by atoms with Crippen LogP contribution in [0.2, 0.25) is 0 Å². The van der Waals surface area contributed by atoms with E-state index >= 15 is 0 Å². The maximum Gasteiger partial charge on any atom is 0.174 e. The number of allylic oxidation sites excluding steroid dienone is 2. The maximum absolute atomic E-state index is 10.9. The summed E-state index contributed by atoms with van der Waals surface area (Å²) in [6.07, 6.45) is 4.75. The summed E-state index contributed by atoms with van der Waals surface area (Å²) in [5, 5.41) is 0. The molecule has 2 rings (SSSR count). The maximum atomic E-state index is 10.9. The van der Waals surface area contributed by atoms with E-state index in [-0.39, 0.29) is 5.78 Å². The third-order valence-electron chi connectivity index (χ3n) is 1.50. The Bertz CT molecular complexity index is 318. The number of rotatable bonds is 2. The summed E-state index contributed by atoms with van der Waals surface area (Å²) in [7, 11) is 0. The second-order valence-electron chi connectivity index (χ2n) is 2.39. The Balaban J connectivity index is 2.05. The van der Waals surface area contributed by atoms with E-state index in [1.165, 1.54) is 17.9 Å².